The summed E-state index contributed by atoms with van der Waals surface area (Å²) in [5.74, 6) is 0. The molecule has 0 aromatic carbocycles. The molecule has 0 atom stereocenters. The Labute approximate surface area is 80.3 Å². The van der Waals surface area contributed by atoms with E-state index >= 15 is 0 Å². The van der Waals surface area contributed by atoms with Crippen LogP contribution in [0.1, 0.15) is 0 Å². The van der Waals surface area contributed by atoms with E-state index in [4.69, 9.17) is 13.0 Å². The van der Waals surface area contributed by atoms with Gasteiger partial charge in [0.05, 0.1) is 0 Å². The molecule has 1 N–H and O–H groups in total. The molecule has 5 heavy (non-hydrogen) atoms. The Bertz CT molecular complexity index is 55.3. The van der Waals surface area contributed by atoms with Crippen LogP contribution in [-0.4, -0.2) is 71.2 Å². The average molecular weight is 169 g/mol. The van der Waals surface area contributed by atoms with Gasteiger partial charge in [0.25, 0.3) is 11.0 Å². The van der Waals surface area contributed by atoms with Gasteiger partial charge >= 0.3 is 58.2 Å². The van der Waals surface area contributed by atoms with Crippen molar-refractivity contribution >= 4 is 69.2 Å². The van der Waals surface area contributed by atoms with Crippen molar-refractivity contribution in [2.75, 3.05) is 0 Å². The Morgan fingerprint density at radius 2 is 1.40 bits per heavy atom. The molecule has 28 valence electrons. The van der Waals surface area contributed by atoms with E-state index in [2.05, 4.69) is 0 Å². The van der Waals surface area contributed by atoms with Gasteiger partial charge in [-0.15, -0.1) is 0 Å². The van der Waals surface area contributed by atoms with Crippen molar-refractivity contribution in [1.82, 2.24) is 0 Å². The van der Waals surface area contributed by atoms with Crippen molar-refractivity contribution in [2.24, 2.45) is 0 Å². The summed E-state index contributed by atoms with van der Waals surface area (Å²) in [6, 6.07) is 0. The minimum absolute atomic E-state index is 0. The normalized spacial score (nSPS) is 6.80. The first kappa shape index (κ1) is 9.87. The SMILES string of the molecule is O=[SH](=O)O.[RbH]. The first-order valence-electron chi connectivity index (χ1n) is 0.565. The summed E-state index contributed by atoms with van der Waals surface area (Å²) < 4.78 is 24.2. The summed E-state index contributed by atoms with van der Waals surface area (Å²) in [4.78, 5) is 0. The first-order chi connectivity index (χ1) is 1.73. The standard InChI is InChI=1S/H2O3S.Rb.H/c1-4(2)3;;/h4H,(H,1,2,3);;. The molecule has 0 amide bonds. The summed E-state index contributed by atoms with van der Waals surface area (Å²) in [5.41, 5.74) is 0. The molecule has 0 saturated carbocycles. The molecular weight excluding hydrogens is 166 g/mol. The van der Waals surface area contributed by atoms with Crippen molar-refractivity contribution in [3.05, 3.63) is 0 Å². The van der Waals surface area contributed by atoms with Gasteiger partial charge in [0.2, 0.25) is 0 Å². The van der Waals surface area contributed by atoms with Crippen molar-refractivity contribution in [1.29, 1.82) is 0 Å². The second kappa shape index (κ2) is 5.72. The molecule has 5 heteroatoms. The van der Waals surface area contributed by atoms with Crippen LogP contribution in [-0.2, 0) is 11.0 Å². The fraction of sp³-hybridized carbons (Fsp3) is 0. The second-order valence-electron chi connectivity index (χ2n) is 0.238. The van der Waals surface area contributed by atoms with Crippen LogP contribution in [0.2, 0.25) is 0 Å². The van der Waals surface area contributed by atoms with Gasteiger partial charge in [0.15, 0.2) is 0 Å². The van der Waals surface area contributed by atoms with Gasteiger partial charge in [-0.05, 0) is 0 Å². The zero-order chi connectivity index (χ0) is 3.58. The van der Waals surface area contributed by atoms with E-state index in [9.17, 15) is 0 Å². The molecule has 0 aliphatic carbocycles. The van der Waals surface area contributed by atoms with Gasteiger partial charge in [-0.1, -0.05) is 0 Å². The Morgan fingerprint density at radius 1 is 1.40 bits per heavy atom. The van der Waals surface area contributed by atoms with Crippen LogP contribution in [0.5, 0.6) is 0 Å². The van der Waals surface area contributed by atoms with Gasteiger partial charge in [0.1, 0.15) is 0 Å². The number of hydrogen-bond donors (Lipinski definition) is 2. The van der Waals surface area contributed by atoms with Crippen molar-refractivity contribution in [2.45, 2.75) is 0 Å². The molecule has 0 fully saturated rings. The predicted octanol–water partition coefficient (Wildman–Crippen LogP) is -1.58. The summed E-state index contributed by atoms with van der Waals surface area (Å²) in [7, 11) is -3.12. The minimum atomic E-state index is -3.12. The van der Waals surface area contributed by atoms with Crippen molar-refractivity contribution in [3.63, 3.8) is 0 Å². The monoisotopic (exact) mass is 168 g/mol. The molecule has 0 unspecified atom stereocenters. The van der Waals surface area contributed by atoms with Crippen LogP contribution < -0.4 is 0 Å². The summed E-state index contributed by atoms with van der Waals surface area (Å²) >= 11 is 0. The van der Waals surface area contributed by atoms with Crippen LogP contribution in [0.3, 0.4) is 0 Å². The third-order valence-electron chi connectivity index (χ3n) is 0. The average Bonchev–Trinajstić information content (AvgIpc) is 0.811. The van der Waals surface area contributed by atoms with E-state index in [0.29, 0.717) is 0 Å². The maximum absolute atomic E-state index is 8.59. The molecule has 0 saturated heterocycles. The number of thiol groups is 1. The molecule has 0 radical (unpaired) electrons. The van der Waals surface area contributed by atoms with Gasteiger partial charge in [0, 0.05) is 0 Å². The Morgan fingerprint density at radius 3 is 1.40 bits per heavy atom. The summed E-state index contributed by atoms with van der Waals surface area (Å²) in [6.45, 7) is 0. The fourth-order valence-electron chi connectivity index (χ4n) is 0. The zero-order valence-electron chi connectivity index (χ0n) is 1.71. The zero-order valence-corrected chi connectivity index (χ0v) is 2.61. The third-order valence-corrected chi connectivity index (χ3v) is 0. The predicted molar refractivity (Wildman–Crippen MR) is 20.1 cm³/mol. The van der Waals surface area contributed by atoms with Crippen LogP contribution >= 0.6 is 0 Å². The molecule has 0 aromatic rings. The Kier molecular flexibility index (Phi) is 11.3. The van der Waals surface area contributed by atoms with Gasteiger partial charge in [-0.2, -0.15) is 0 Å². The molecule has 0 aliphatic rings. The molecule has 0 rings (SSSR count). The fourth-order valence-corrected chi connectivity index (χ4v) is 0. The summed E-state index contributed by atoms with van der Waals surface area (Å²) in [5, 5.41) is 0. The van der Waals surface area contributed by atoms with Gasteiger partial charge < -0.3 is 0 Å². The molecular formula is H3O3RbS. The van der Waals surface area contributed by atoms with Crippen LogP contribution in [0, 0.1) is 0 Å². The number of hydrogen-bond acceptors (Lipinski definition) is 2. The van der Waals surface area contributed by atoms with Crippen molar-refractivity contribution < 1.29 is 13.0 Å². The van der Waals surface area contributed by atoms with Crippen LogP contribution in [0.25, 0.3) is 0 Å². The van der Waals surface area contributed by atoms with Crippen molar-refractivity contribution in [3.8, 4) is 0 Å². The van der Waals surface area contributed by atoms with E-state index in [1.807, 2.05) is 0 Å². The molecule has 0 heterocycles. The third kappa shape index (κ3) is 26.8. The van der Waals surface area contributed by atoms with E-state index in [0.717, 1.165) is 0 Å². The van der Waals surface area contributed by atoms with Gasteiger partial charge in [-0.25, -0.2) is 8.42 Å². The Hall–Kier alpha value is 1.72. The van der Waals surface area contributed by atoms with E-state index in [-0.39, 0.29) is 58.2 Å². The topological polar surface area (TPSA) is 54.4 Å². The van der Waals surface area contributed by atoms with Crippen LogP contribution in [0.15, 0.2) is 0 Å². The quantitative estimate of drug-likeness (QED) is 0.339. The molecule has 0 bridgehead atoms. The molecule has 3 nitrogen and oxygen atoms in total. The Balaban J connectivity index is 0. The molecule has 0 aliphatic heterocycles. The molecule has 0 aromatic heterocycles. The van der Waals surface area contributed by atoms with Gasteiger partial charge in [-0.3, -0.25) is 4.55 Å². The summed E-state index contributed by atoms with van der Waals surface area (Å²) in [6.07, 6.45) is 0. The van der Waals surface area contributed by atoms with E-state index in [1.54, 1.807) is 0 Å². The first-order valence-corrected chi connectivity index (χ1v) is 1.70. The van der Waals surface area contributed by atoms with Crippen LogP contribution in [0.4, 0.5) is 0 Å². The van der Waals surface area contributed by atoms with E-state index in [1.165, 1.54) is 0 Å². The second-order valence-corrected chi connectivity index (χ2v) is 0.714. The number of rotatable bonds is 0. The van der Waals surface area contributed by atoms with E-state index < -0.39 is 11.0 Å². The molecule has 0 spiro atoms. The maximum atomic E-state index is 8.59.